The second kappa shape index (κ2) is 7.93. The summed E-state index contributed by atoms with van der Waals surface area (Å²) in [4.78, 5) is 27.3. The van der Waals surface area contributed by atoms with Crippen LogP contribution in [0.1, 0.15) is 22.1 Å². The number of hydrogen-bond acceptors (Lipinski definition) is 6. The van der Waals surface area contributed by atoms with Crippen molar-refractivity contribution in [3.05, 3.63) is 71.9 Å². The van der Waals surface area contributed by atoms with Gasteiger partial charge in [0, 0.05) is 0 Å². The Hall–Kier alpha value is -3.68. The Labute approximate surface area is 148 Å². The van der Waals surface area contributed by atoms with Gasteiger partial charge >= 0.3 is 5.97 Å². The lowest BCUT2D eigenvalue weighted by molar-refractivity contribution is -0.115. The zero-order valence-electron chi connectivity index (χ0n) is 13.6. The maximum Gasteiger partial charge on any atom is 0.337 e. The van der Waals surface area contributed by atoms with Crippen molar-refractivity contribution in [3.8, 4) is 5.75 Å². The van der Waals surface area contributed by atoms with Crippen molar-refractivity contribution in [2.24, 2.45) is 0 Å². The molecule has 2 aromatic carbocycles. The summed E-state index contributed by atoms with van der Waals surface area (Å²) in [6, 6.07) is 15.3. The molecule has 8 nitrogen and oxygen atoms in total. The third-order valence-corrected chi connectivity index (χ3v) is 3.37. The summed E-state index contributed by atoms with van der Waals surface area (Å²) in [6.45, 7) is 0.0838. The standard InChI is InChI=1S/C18H15N3O5/c22-16(19-14-9-5-4-8-13(14)18(23)24)10-15-20-17(26-21-15)11-25-12-6-2-1-3-7-12/h1-9H,10-11H2,(H,19,22)(H,23,24). The van der Waals surface area contributed by atoms with Crippen molar-refractivity contribution in [1.29, 1.82) is 0 Å². The van der Waals surface area contributed by atoms with Crippen molar-refractivity contribution in [3.63, 3.8) is 0 Å². The van der Waals surface area contributed by atoms with Gasteiger partial charge in [-0.25, -0.2) is 4.79 Å². The molecule has 132 valence electrons. The molecule has 0 fully saturated rings. The van der Waals surface area contributed by atoms with E-state index in [1.54, 1.807) is 24.3 Å². The summed E-state index contributed by atoms with van der Waals surface area (Å²) < 4.78 is 10.5. The molecule has 0 atom stereocenters. The predicted octanol–water partition coefficient (Wildman–Crippen LogP) is 2.53. The van der Waals surface area contributed by atoms with E-state index in [9.17, 15) is 9.59 Å². The highest BCUT2D eigenvalue weighted by Gasteiger charge is 2.15. The number of carbonyl (C=O) groups excluding carboxylic acids is 1. The number of nitrogens with zero attached hydrogens (tertiary/aromatic N) is 2. The highest BCUT2D eigenvalue weighted by Crippen LogP contribution is 2.15. The highest BCUT2D eigenvalue weighted by atomic mass is 16.5. The number of amides is 1. The molecule has 0 unspecified atom stereocenters. The lowest BCUT2D eigenvalue weighted by atomic mass is 10.2. The molecule has 1 aromatic heterocycles. The van der Waals surface area contributed by atoms with Gasteiger partial charge in [0.1, 0.15) is 5.75 Å². The smallest absolute Gasteiger partial charge is 0.337 e. The molecule has 0 saturated carbocycles. The van der Waals surface area contributed by atoms with Crippen molar-refractivity contribution < 1.29 is 24.0 Å². The quantitative estimate of drug-likeness (QED) is 0.670. The average molecular weight is 353 g/mol. The third-order valence-electron chi connectivity index (χ3n) is 3.37. The minimum atomic E-state index is -1.12. The fraction of sp³-hybridized carbons (Fsp3) is 0.111. The SMILES string of the molecule is O=C(Cc1noc(COc2ccccc2)n1)Nc1ccccc1C(=O)O. The van der Waals surface area contributed by atoms with Crippen molar-refractivity contribution in [2.75, 3.05) is 5.32 Å². The minimum absolute atomic E-state index is 0.00547. The van der Waals surface area contributed by atoms with Crippen LogP contribution in [0.2, 0.25) is 0 Å². The Morgan fingerprint density at radius 1 is 1.08 bits per heavy atom. The Morgan fingerprint density at radius 2 is 1.81 bits per heavy atom. The summed E-state index contributed by atoms with van der Waals surface area (Å²) >= 11 is 0. The zero-order valence-corrected chi connectivity index (χ0v) is 13.6. The van der Waals surface area contributed by atoms with Gasteiger partial charge in [0.2, 0.25) is 5.91 Å². The molecular weight excluding hydrogens is 338 g/mol. The molecule has 3 aromatic rings. The molecule has 0 aliphatic rings. The first kappa shape index (κ1) is 17.2. The van der Waals surface area contributed by atoms with Crippen LogP contribution in [0.3, 0.4) is 0 Å². The largest absolute Gasteiger partial charge is 0.484 e. The van der Waals surface area contributed by atoms with E-state index in [0.717, 1.165) is 0 Å². The number of anilines is 1. The summed E-state index contributed by atoms with van der Waals surface area (Å²) in [7, 11) is 0. The fourth-order valence-corrected chi connectivity index (χ4v) is 2.20. The van der Waals surface area contributed by atoms with E-state index in [1.807, 2.05) is 18.2 Å². The Balaban J connectivity index is 1.57. The van der Waals surface area contributed by atoms with E-state index in [2.05, 4.69) is 15.5 Å². The van der Waals surface area contributed by atoms with Crippen molar-refractivity contribution in [1.82, 2.24) is 10.1 Å². The molecule has 0 saturated heterocycles. The number of aromatic carboxylic acids is 1. The molecule has 26 heavy (non-hydrogen) atoms. The number of hydrogen-bond donors (Lipinski definition) is 2. The predicted molar refractivity (Wildman–Crippen MR) is 90.8 cm³/mol. The van der Waals surface area contributed by atoms with Crippen molar-refractivity contribution in [2.45, 2.75) is 13.0 Å². The lowest BCUT2D eigenvalue weighted by Crippen LogP contribution is -2.17. The number of carboxylic acid groups (broad SMARTS) is 1. The number of carboxylic acids is 1. The van der Waals surface area contributed by atoms with Crippen LogP contribution >= 0.6 is 0 Å². The Kier molecular flexibility index (Phi) is 5.23. The van der Waals surface area contributed by atoms with Crippen LogP contribution in [-0.2, 0) is 17.8 Å². The summed E-state index contributed by atoms with van der Waals surface area (Å²) in [5, 5.41) is 15.4. The van der Waals surface area contributed by atoms with Crippen LogP contribution in [0.4, 0.5) is 5.69 Å². The molecule has 3 rings (SSSR count). The van der Waals surface area contributed by atoms with E-state index in [4.69, 9.17) is 14.4 Å². The van der Waals surface area contributed by atoms with Gasteiger partial charge in [0.15, 0.2) is 12.4 Å². The topological polar surface area (TPSA) is 115 Å². The summed E-state index contributed by atoms with van der Waals surface area (Å²) in [5.74, 6) is -0.490. The second-order valence-corrected chi connectivity index (χ2v) is 5.28. The van der Waals surface area contributed by atoms with Gasteiger partial charge in [-0.2, -0.15) is 4.98 Å². The average Bonchev–Trinajstić information content (AvgIpc) is 3.08. The molecule has 0 spiro atoms. The van der Waals surface area contributed by atoms with Gasteiger partial charge in [-0.15, -0.1) is 0 Å². The number of para-hydroxylation sites is 2. The molecule has 0 aliphatic heterocycles. The molecule has 0 bridgehead atoms. The maximum absolute atomic E-state index is 12.1. The first-order valence-corrected chi connectivity index (χ1v) is 7.73. The van der Waals surface area contributed by atoms with Crippen LogP contribution in [-0.4, -0.2) is 27.1 Å². The number of carbonyl (C=O) groups is 2. The van der Waals surface area contributed by atoms with Gasteiger partial charge in [-0.1, -0.05) is 35.5 Å². The summed E-state index contributed by atoms with van der Waals surface area (Å²) in [5.41, 5.74) is 0.215. The van der Waals surface area contributed by atoms with Gasteiger partial charge in [-0.3, -0.25) is 4.79 Å². The zero-order chi connectivity index (χ0) is 18.4. The van der Waals surface area contributed by atoms with E-state index in [1.165, 1.54) is 12.1 Å². The van der Waals surface area contributed by atoms with Gasteiger partial charge in [0.25, 0.3) is 5.89 Å². The molecule has 2 N–H and O–H groups in total. The fourth-order valence-electron chi connectivity index (χ4n) is 2.20. The van der Waals surface area contributed by atoms with E-state index in [-0.39, 0.29) is 36.0 Å². The van der Waals surface area contributed by atoms with E-state index < -0.39 is 11.9 Å². The van der Waals surface area contributed by atoms with Crippen LogP contribution < -0.4 is 10.1 Å². The van der Waals surface area contributed by atoms with Gasteiger partial charge in [-0.05, 0) is 24.3 Å². The number of nitrogens with one attached hydrogen (secondary N) is 1. The molecule has 0 aliphatic carbocycles. The lowest BCUT2D eigenvalue weighted by Gasteiger charge is -2.06. The molecular formula is C18H15N3O5. The Morgan fingerprint density at radius 3 is 2.58 bits per heavy atom. The number of benzene rings is 2. The van der Waals surface area contributed by atoms with Crippen LogP contribution in [0.15, 0.2) is 59.1 Å². The molecule has 0 radical (unpaired) electrons. The third kappa shape index (κ3) is 4.44. The van der Waals surface area contributed by atoms with Crippen molar-refractivity contribution >= 4 is 17.6 Å². The maximum atomic E-state index is 12.1. The van der Waals surface area contributed by atoms with Crippen LogP contribution in [0.25, 0.3) is 0 Å². The normalized spacial score (nSPS) is 10.3. The van der Waals surface area contributed by atoms with Crippen LogP contribution in [0, 0.1) is 0 Å². The summed E-state index contributed by atoms with van der Waals surface area (Å²) in [6.07, 6.45) is -0.150. The Bertz CT molecular complexity index is 908. The van der Waals surface area contributed by atoms with Crippen LogP contribution in [0.5, 0.6) is 5.75 Å². The monoisotopic (exact) mass is 353 g/mol. The van der Waals surface area contributed by atoms with Gasteiger partial charge < -0.3 is 19.7 Å². The second-order valence-electron chi connectivity index (χ2n) is 5.28. The number of ether oxygens (including phenoxy) is 1. The molecule has 1 heterocycles. The van der Waals surface area contributed by atoms with E-state index >= 15 is 0 Å². The number of aromatic nitrogens is 2. The highest BCUT2D eigenvalue weighted by molar-refractivity contribution is 6.00. The first-order chi connectivity index (χ1) is 12.6. The first-order valence-electron chi connectivity index (χ1n) is 7.73. The molecule has 1 amide bonds. The minimum Gasteiger partial charge on any atom is -0.484 e. The van der Waals surface area contributed by atoms with Gasteiger partial charge in [0.05, 0.1) is 17.7 Å². The molecule has 8 heteroatoms. The number of rotatable bonds is 7. The van der Waals surface area contributed by atoms with E-state index in [0.29, 0.717) is 5.75 Å².